The molecule has 1 aromatic rings. The molecule has 0 radical (unpaired) electrons. The van der Waals surface area contributed by atoms with Gasteiger partial charge >= 0.3 is 5.97 Å². The zero-order chi connectivity index (χ0) is 15.1. The first kappa shape index (κ1) is 15.3. The number of para-hydroxylation sites is 1. The molecule has 1 saturated heterocycles. The van der Waals surface area contributed by atoms with Gasteiger partial charge in [-0.1, -0.05) is 18.2 Å². The van der Waals surface area contributed by atoms with Gasteiger partial charge in [-0.15, -0.1) is 0 Å². The van der Waals surface area contributed by atoms with E-state index in [1.165, 1.54) is 5.69 Å². The van der Waals surface area contributed by atoms with Crippen molar-refractivity contribution in [2.75, 3.05) is 44.2 Å². The van der Waals surface area contributed by atoms with Crippen LogP contribution < -0.4 is 10.2 Å². The molecule has 114 valence electrons. The first-order chi connectivity index (χ1) is 10.1. The van der Waals surface area contributed by atoms with Crippen LogP contribution in [0.2, 0.25) is 0 Å². The van der Waals surface area contributed by atoms with Gasteiger partial charge in [-0.2, -0.15) is 0 Å². The Kier molecular flexibility index (Phi) is 5.57. The fourth-order valence-corrected chi connectivity index (χ4v) is 2.46. The molecule has 0 spiro atoms. The van der Waals surface area contributed by atoms with Crippen LogP contribution in [0.5, 0.6) is 0 Å². The minimum absolute atomic E-state index is 0.231. The number of aliphatic carboxylic acids is 1. The first-order valence-corrected chi connectivity index (χ1v) is 7.16. The van der Waals surface area contributed by atoms with Crippen LogP contribution in [0.25, 0.3) is 0 Å². The molecule has 1 amide bonds. The van der Waals surface area contributed by atoms with Crippen molar-refractivity contribution in [3.8, 4) is 0 Å². The molecule has 0 unspecified atom stereocenters. The molecule has 1 fully saturated rings. The van der Waals surface area contributed by atoms with Gasteiger partial charge in [0, 0.05) is 31.9 Å². The van der Waals surface area contributed by atoms with Crippen molar-refractivity contribution in [2.45, 2.75) is 6.42 Å². The molecule has 1 aliphatic rings. The van der Waals surface area contributed by atoms with E-state index in [2.05, 4.69) is 27.2 Å². The van der Waals surface area contributed by atoms with Crippen LogP contribution in [0.15, 0.2) is 30.3 Å². The van der Waals surface area contributed by atoms with Crippen LogP contribution >= 0.6 is 0 Å². The minimum atomic E-state index is -1.02. The van der Waals surface area contributed by atoms with Crippen molar-refractivity contribution in [1.29, 1.82) is 0 Å². The Hall–Kier alpha value is -2.08. The third kappa shape index (κ3) is 5.07. The third-order valence-electron chi connectivity index (χ3n) is 3.51. The van der Waals surface area contributed by atoms with E-state index in [1.807, 2.05) is 18.2 Å². The average Bonchev–Trinajstić information content (AvgIpc) is 2.72. The fourth-order valence-electron chi connectivity index (χ4n) is 2.46. The van der Waals surface area contributed by atoms with E-state index >= 15 is 0 Å². The molecule has 1 heterocycles. The van der Waals surface area contributed by atoms with Crippen molar-refractivity contribution in [1.82, 2.24) is 10.2 Å². The summed E-state index contributed by atoms with van der Waals surface area (Å²) in [5.74, 6) is -1.25. The normalized spacial score (nSPS) is 16.3. The summed E-state index contributed by atoms with van der Waals surface area (Å²) in [4.78, 5) is 26.4. The third-order valence-corrected chi connectivity index (χ3v) is 3.51. The Labute approximate surface area is 124 Å². The van der Waals surface area contributed by atoms with E-state index in [-0.39, 0.29) is 19.0 Å². The molecule has 6 heteroatoms. The van der Waals surface area contributed by atoms with Crippen LogP contribution in [0.1, 0.15) is 6.42 Å². The highest BCUT2D eigenvalue weighted by atomic mass is 16.4. The highest BCUT2D eigenvalue weighted by molar-refractivity contribution is 5.82. The zero-order valence-electron chi connectivity index (χ0n) is 12.0. The average molecular weight is 291 g/mol. The Morgan fingerprint density at radius 2 is 1.86 bits per heavy atom. The van der Waals surface area contributed by atoms with Gasteiger partial charge < -0.3 is 15.3 Å². The summed E-state index contributed by atoms with van der Waals surface area (Å²) in [6, 6.07) is 10.2. The van der Waals surface area contributed by atoms with Crippen molar-refractivity contribution in [2.24, 2.45) is 0 Å². The van der Waals surface area contributed by atoms with Crippen molar-refractivity contribution >= 4 is 17.6 Å². The number of nitrogens with zero attached hydrogens (tertiary/aromatic N) is 2. The second kappa shape index (κ2) is 7.64. The lowest BCUT2D eigenvalue weighted by Gasteiger charge is -2.23. The van der Waals surface area contributed by atoms with Crippen LogP contribution in [0.3, 0.4) is 0 Å². The number of carbonyl (C=O) groups excluding carboxylic acids is 1. The number of nitrogens with one attached hydrogen (secondary N) is 1. The first-order valence-electron chi connectivity index (χ1n) is 7.16. The summed E-state index contributed by atoms with van der Waals surface area (Å²) in [6.07, 6.45) is 0.987. The molecule has 1 aliphatic heterocycles. The van der Waals surface area contributed by atoms with E-state index in [4.69, 9.17) is 5.11 Å². The maximum atomic E-state index is 11.6. The molecule has 2 rings (SSSR count). The SMILES string of the molecule is O=C(O)CNC(=O)CN1CCCN(c2ccccc2)CC1. The molecule has 0 aromatic heterocycles. The second-order valence-electron chi connectivity index (χ2n) is 5.12. The summed E-state index contributed by atoms with van der Waals surface area (Å²) >= 11 is 0. The predicted octanol–water partition coefficient (Wildman–Crippen LogP) is 0.400. The molecular weight excluding hydrogens is 270 g/mol. The van der Waals surface area contributed by atoms with Crippen molar-refractivity contribution in [3.63, 3.8) is 0 Å². The molecule has 0 aliphatic carbocycles. The number of carboxylic acids is 1. The number of benzene rings is 1. The van der Waals surface area contributed by atoms with Gasteiger partial charge in [0.1, 0.15) is 6.54 Å². The van der Waals surface area contributed by atoms with E-state index < -0.39 is 5.97 Å². The lowest BCUT2D eigenvalue weighted by Crippen LogP contribution is -2.40. The lowest BCUT2D eigenvalue weighted by molar-refractivity contribution is -0.138. The molecular formula is C15H21N3O3. The van der Waals surface area contributed by atoms with E-state index in [1.54, 1.807) is 0 Å². The van der Waals surface area contributed by atoms with Crippen LogP contribution in [0, 0.1) is 0 Å². The van der Waals surface area contributed by atoms with Crippen LogP contribution in [-0.2, 0) is 9.59 Å². The number of rotatable bonds is 5. The largest absolute Gasteiger partial charge is 0.480 e. The van der Waals surface area contributed by atoms with Gasteiger partial charge in [0.25, 0.3) is 0 Å². The number of anilines is 1. The Balaban J connectivity index is 1.81. The Bertz CT molecular complexity index is 478. The molecule has 2 N–H and O–H groups in total. The van der Waals surface area contributed by atoms with Crippen molar-refractivity contribution < 1.29 is 14.7 Å². The van der Waals surface area contributed by atoms with E-state index in [0.29, 0.717) is 0 Å². The molecule has 0 atom stereocenters. The maximum absolute atomic E-state index is 11.6. The molecule has 0 bridgehead atoms. The lowest BCUT2D eigenvalue weighted by atomic mass is 10.3. The van der Waals surface area contributed by atoms with Crippen LogP contribution in [0.4, 0.5) is 5.69 Å². The number of hydrogen-bond acceptors (Lipinski definition) is 4. The maximum Gasteiger partial charge on any atom is 0.322 e. The summed E-state index contributed by atoms with van der Waals surface area (Å²) in [7, 11) is 0. The summed E-state index contributed by atoms with van der Waals surface area (Å²) in [5.41, 5.74) is 1.20. The molecule has 1 aromatic carbocycles. The fraction of sp³-hybridized carbons (Fsp3) is 0.467. The second-order valence-corrected chi connectivity index (χ2v) is 5.12. The minimum Gasteiger partial charge on any atom is -0.480 e. The van der Waals surface area contributed by atoms with E-state index in [0.717, 1.165) is 32.6 Å². The van der Waals surface area contributed by atoms with Crippen molar-refractivity contribution in [3.05, 3.63) is 30.3 Å². The highest BCUT2D eigenvalue weighted by Crippen LogP contribution is 2.15. The van der Waals surface area contributed by atoms with Gasteiger partial charge in [0.15, 0.2) is 0 Å². The quantitative estimate of drug-likeness (QED) is 0.821. The van der Waals surface area contributed by atoms with Gasteiger partial charge in [0.05, 0.1) is 6.54 Å². The standard InChI is InChI=1S/C15H21N3O3/c19-14(16-11-15(20)21)12-17-7-4-8-18(10-9-17)13-5-2-1-3-6-13/h1-3,5-6H,4,7-12H2,(H,16,19)(H,20,21). The molecule has 6 nitrogen and oxygen atoms in total. The number of carbonyl (C=O) groups is 2. The number of carboxylic acid groups (broad SMARTS) is 1. The number of amides is 1. The zero-order valence-corrected chi connectivity index (χ0v) is 12.0. The smallest absolute Gasteiger partial charge is 0.322 e. The Morgan fingerprint density at radius 1 is 1.10 bits per heavy atom. The predicted molar refractivity (Wildman–Crippen MR) is 80.4 cm³/mol. The monoisotopic (exact) mass is 291 g/mol. The summed E-state index contributed by atoms with van der Waals surface area (Å²) in [5, 5.41) is 10.9. The van der Waals surface area contributed by atoms with Crippen LogP contribution in [-0.4, -0.2) is 61.2 Å². The summed E-state index contributed by atoms with van der Waals surface area (Å²) < 4.78 is 0. The Morgan fingerprint density at radius 3 is 2.57 bits per heavy atom. The summed E-state index contributed by atoms with van der Waals surface area (Å²) in [6.45, 7) is 3.44. The number of hydrogen-bond donors (Lipinski definition) is 2. The van der Waals surface area contributed by atoms with E-state index in [9.17, 15) is 9.59 Å². The van der Waals surface area contributed by atoms with Gasteiger partial charge in [-0.25, -0.2) is 0 Å². The molecule has 21 heavy (non-hydrogen) atoms. The van der Waals surface area contributed by atoms with Gasteiger partial charge in [-0.3, -0.25) is 14.5 Å². The topological polar surface area (TPSA) is 72.9 Å². The highest BCUT2D eigenvalue weighted by Gasteiger charge is 2.17. The van der Waals surface area contributed by atoms with Gasteiger partial charge in [0.2, 0.25) is 5.91 Å². The van der Waals surface area contributed by atoms with Gasteiger partial charge in [-0.05, 0) is 18.6 Å². The molecule has 0 saturated carbocycles.